The van der Waals surface area contributed by atoms with Gasteiger partial charge in [-0.1, -0.05) is 26.0 Å². The lowest BCUT2D eigenvalue weighted by molar-refractivity contribution is -0.168. The first-order valence-electron chi connectivity index (χ1n) is 10.8. The Labute approximate surface area is 172 Å². The van der Waals surface area contributed by atoms with E-state index in [9.17, 15) is 19.5 Å². The second-order valence-electron chi connectivity index (χ2n) is 10.2. The van der Waals surface area contributed by atoms with Crippen LogP contribution in [0, 0.1) is 28.6 Å². The van der Waals surface area contributed by atoms with Gasteiger partial charge in [0.05, 0.1) is 0 Å². The number of Topliss-reactive ketones (excluding diaryl/α,β-unsaturated/α-hetero) is 1. The molecular weight excluding hydrogens is 368 g/mol. The zero-order valence-corrected chi connectivity index (χ0v) is 17.8. The number of fused-ring (bicyclic) bond motifs is 5. The van der Waals surface area contributed by atoms with E-state index < -0.39 is 17.0 Å². The van der Waals surface area contributed by atoms with Gasteiger partial charge in [0.15, 0.2) is 12.4 Å². The third-order valence-electron chi connectivity index (χ3n) is 8.95. The maximum atomic E-state index is 12.9. The highest BCUT2D eigenvalue weighted by molar-refractivity contribution is 5.93. The Morgan fingerprint density at radius 3 is 2.59 bits per heavy atom. The van der Waals surface area contributed by atoms with Crippen molar-refractivity contribution in [3.63, 3.8) is 0 Å². The molecule has 29 heavy (non-hydrogen) atoms. The van der Waals surface area contributed by atoms with Gasteiger partial charge in [-0.2, -0.15) is 0 Å². The standard InChI is InChI=1S/C24H32O5/c1-14-11-17-18(22(3)8-5-16(26)12-20(14)22)6-9-23(4)19(17)7-10-24(23,28)21(27)13-29-15(2)25/h12,17-19,28H,1,5-11,13H2,2-4H3/t17-,18+,19+,22-,23+,24+/m1/s1. The van der Waals surface area contributed by atoms with Crippen molar-refractivity contribution in [1.29, 1.82) is 0 Å². The first-order valence-corrected chi connectivity index (χ1v) is 10.8. The summed E-state index contributed by atoms with van der Waals surface area (Å²) in [6.45, 7) is 9.56. The van der Waals surface area contributed by atoms with Crippen LogP contribution in [0.1, 0.15) is 65.7 Å². The van der Waals surface area contributed by atoms with Crippen molar-refractivity contribution in [3.05, 3.63) is 23.8 Å². The lowest BCUT2D eigenvalue weighted by atomic mass is 9.45. The second kappa shape index (κ2) is 6.63. The number of esters is 1. The average Bonchev–Trinajstić information content (AvgIpc) is 2.94. The topological polar surface area (TPSA) is 80.7 Å². The molecule has 4 rings (SSSR count). The Balaban J connectivity index is 1.65. The fraction of sp³-hybridized carbons (Fsp3) is 0.708. The summed E-state index contributed by atoms with van der Waals surface area (Å²) >= 11 is 0. The average molecular weight is 401 g/mol. The van der Waals surface area contributed by atoms with Crippen molar-refractivity contribution in [2.75, 3.05) is 6.61 Å². The van der Waals surface area contributed by atoms with Crippen LogP contribution in [0.25, 0.3) is 0 Å². The quantitative estimate of drug-likeness (QED) is 0.733. The molecule has 158 valence electrons. The Kier molecular flexibility index (Phi) is 4.69. The van der Waals surface area contributed by atoms with Gasteiger partial charge in [0, 0.05) is 18.8 Å². The molecule has 0 aliphatic heterocycles. The molecule has 3 fully saturated rings. The monoisotopic (exact) mass is 400 g/mol. The van der Waals surface area contributed by atoms with Crippen molar-refractivity contribution in [3.8, 4) is 0 Å². The molecule has 0 bridgehead atoms. The van der Waals surface area contributed by atoms with Crippen LogP contribution in [-0.4, -0.2) is 34.9 Å². The molecule has 3 saturated carbocycles. The van der Waals surface area contributed by atoms with Gasteiger partial charge in [-0.15, -0.1) is 0 Å². The number of ether oxygens (including phenoxy) is 1. The summed E-state index contributed by atoms with van der Waals surface area (Å²) in [5, 5.41) is 11.5. The summed E-state index contributed by atoms with van der Waals surface area (Å²) in [7, 11) is 0. The van der Waals surface area contributed by atoms with Crippen molar-refractivity contribution < 1.29 is 24.2 Å². The van der Waals surface area contributed by atoms with Gasteiger partial charge in [-0.25, -0.2) is 0 Å². The lowest BCUT2D eigenvalue weighted by Crippen LogP contribution is -2.58. The first-order chi connectivity index (χ1) is 13.5. The number of carbonyl (C=O) groups is 3. The van der Waals surface area contributed by atoms with Crippen LogP contribution < -0.4 is 0 Å². The van der Waals surface area contributed by atoms with Crippen molar-refractivity contribution >= 4 is 17.5 Å². The third kappa shape index (κ3) is 2.80. The molecule has 5 heteroatoms. The normalized spacial score (nSPS) is 43.7. The summed E-state index contributed by atoms with van der Waals surface area (Å²) in [5.74, 6) is 0.335. The third-order valence-corrected chi connectivity index (χ3v) is 8.95. The minimum Gasteiger partial charge on any atom is -0.458 e. The molecule has 0 spiro atoms. The SMILES string of the molecule is C=C1C[C@@H]2[C@H](CC[C@@]3(C)[C@H]2CC[C@]3(O)C(=O)COC(C)=O)[C@@]2(C)CCC(=O)C=C12. The summed E-state index contributed by atoms with van der Waals surface area (Å²) in [6.07, 6.45) is 7.00. The largest absolute Gasteiger partial charge is 0.458 e. The van der Waals surface area contributed by atoms with Crippen LogP contribution in [0.15, 0.2) is 23.8 Å². The van der Waals surface area contributed by atoms with E-state index in [2.05, 4.69) is 13.5 Å². The lowest BCUT2D eigenvalue weighted by Gasteiger charge is -2.59. The highest BCUT2D eigenvalue weighted by atomic mass is 16.5. The predicted octanol–water partition coefficient (Wildman–Crippen LogP) is 3.55. The van der Waals surface area contributed by atoms with Gasteiger partial charge in [-0.3, -0.25) is 14.4 Å². The Bertz CT molecular complexity index is 825. The molecular formula is C24H32O5. The minimum atomic E-state index is -1.45. The summed E-state index contributed by atoms with van der Waals surface area (Å²) in [4.78, 5) is 36.1. The molecule has 1 N–H and O–H groups in total. The van der Waals surface area contributed by atoms with Crippen molar-refractivity contribution in [2.24, 2.45) is 28.6 Å². The van der Waals surface area contributed by atoms with Gasteiger partial charge >= 0.3 is 5.97 Å². The van der Waals surface area contributed by atoms with E-state index in [0.717, 1.165) is 43.3 Å². The Morgan fingerprint density at radius 2 is 1.90 bits per heavy atom. The van der Waals surface area contributed by atoms with E-state index >= 15 is 0 Å². The fourth-order valence-corrected chi connectivity index (χ4v) is 7.32. The molecule has 0 aromatic carbocycles. The summed E-state index contributed by atoms with van der Waals surface area (Å²) in [6, 6.07) is 0. The molecule has 5 nitrogen and oxygen atoms in total. The maximum absolute atomic E-state index is 12.9. The van der Waals surface area contributed by atoms with E-state index in [1.165, 1.54) is 6.92 Å². The van der Waals surface area contributed by atoms with Gasteiger partial charge in [-0.05, 0) is 73.3 Å². The molecule has 0 amide bonds. The molecule has 0 saturated heterocycles. The van der Waals surface area contributed by atoms with Gasteiger partial charge < -0.3 is 9.84 Å². The minimum absolute atomic E-state index is 0.0440. The molecule has 4 aliphatic rings. The van der Waals surface area contributed by atoms with E-state index in [1.807, 2.05) is 13.0 Å². The zero-order chi connectivity index (χ0) is 21.2. The Morgan fingerprint density at radius 1 is 1.21 bits per heavy atom. The van der Waals surface area contributed by atoms with Crippen molar-refractivity contribution in [1.82, 2.24) is 0 Å². The number of rotatable bonds is 3. The molecule has 0 heterocycles. The van der Waals surface area contributed by atoms with E-state index in [1.54, 1.807) is 0 Å². The van der Waals surface area contributed by atoms with Crippen LogP contribution in [0.2, 0.25) is 0 Å². The second-order valence-corrected chi connectivity index (χ2v) is 10.2. The van der Waals surface area contributed by atoms with Crippen LogP contribution >= 0.6 is 0 Å². The van der Waals surface area contributed by atoms with Crippen LogP contribution in [0.3, 0.4) is 0 Å². The number of allylic oxidation sites excluding steroid dienone is 2. The first kappa shape index (κ1) is 20.5. The number of carbonyl (C=O) groups excluding carboxylic acids is 3. The highest BCUT2D eigenvalue weighted by Crippen LogP contribution is 2.68. The molecule has 0 unspecified atom stereocenters. The number of ketones is 2. The number of aliphatic hydroxyl groups is 1. The van der Waals surface area contributed by atoms with E-state index in [4.69, 9.17) is 4.74 Å². The van der Waals surface area contributed by atoms with Gasteiger partial charge in [0.2, 0.25) is 5.78 Å². The smallest absolute Gasteiger partial charge is 0.303 e. The van der Waals surface area contributed by atoms with Crippen molar-refractivity contribution in [2.45, 2.75) is 71.3 Å². The van der Waals surface area contributed by atoms with Crippen LogP contribution in [-0.2, 0) is 19.1 Å². The zero-order valence-electron chi connectivity index (χ0n) is 17.8. The molecule has 6 atom stereocenters. The number of hydrogen-bond acceptors (Lipinski definition) is 5. The summed E-state index contributed by atoms with van der Waals surface area (Å²) < 4.78 is 4.92. The predicted molar refractivity (Wildman–Crippen MR) is 108 cm³/mol. The maximum Gasteiger partial charge on any atom is 0.303 e. The van der Waals surface area contributed by atoms with Gasteiger partial charge in [0.1, 0.15) is 5.60 Å². The number of hydrogen-bond donors (Lipinski definition) is 1. The van der Waals surface area contributed by atoms with Gasteiger partial charge in [0.25, 0.3) is 0 Å². The molecule has 0 aromatic rings. The van der Waals surface area contributed by atoms with Crippen LogP contribution in [0.5, 0.6) is 0 Å². The highest BCUT2D eigenvalue weighted by Gasteiger charge is 2.66. The van der Waals surface area contributed by atoms with Crippen LogP contribution in [0.4, 0.5) is 0 Å². The molecule has 0 radical (unpaired) electrons. The Hall–Kier alpha value is -1.75. The fourth-order valence-electron chi connectivity index (χ4n) is 7.32. The van der Waals surface area contributed by atoms with E-state index in [-0.39, 0.29) is 29.5 Å². The molecule has 0 aromatic heterocycles. The molecule has 4 aliphatic carbocycles. The summed E-state index contributed by atoms with van der Waals surface area (Å²) in [5.41, 5.74) is 0.176. The van der Waals surface area contributed by atoms with E-state index in [0.29, 0.717) is 24.7 Å².